The van der Waals surface area contributed by atoms with Crippen molar-refractivity contribution in [1.82, 2.24) is 0 Å². The third-order valence-corrected chi connectivity index (χ3v) is 2.35. The van der Waals surface area contributed by atoms with Crippen LogP contribution < -0.4 is 0 Å². The minimum Gasteiger partial charge on any atom is -0.480 e. The predicted octanol–water partition coefficient (Wildman–Crippen LogP) is 2.31. The quantitative estimate of drug-likeness (QED) is 0.682. The zero-order valence-electron chi connectivity index (χ0n) is 9.58. The monoisotopic (exact) mass is 196 g/mol. The molecule has 0 bridgehead atoms. The molecule has 0 aromatic heterocycles. The highest BCUT2D eigenvalue weighted by Gasteiger charge is 2.22. The summed E-state index contributed by atoms with van der Waals surface area (Å²) < 4.78 is 5.40. The third kappa shape index (κ3) is 2.56. The standard InChI is InChI=1S/C11H20N2O/c1-5-9-11(8(3)4)13-10(7-12-9)14-6-2/h8,11H,5-7H2,1-4H3. The Kier molecular flexibility index (Phi) is 4.11. The van der Waals surface area contributed by atoms with Crippen LogP contribution in [0, 0.1) is 5.92 Å². The van der Waals surface area contributed by atoms with Crippen LogP contribution in [0.2, 0.25) is 0 Å². The van der Waals surface area contributed by atoms with Crippen LogP contribution in [0.15, 0.2) is 9.98 Å². The fraction of sp³-hybridized carbons (Fsp3) is 0.818. The molecular weight excluding hydrogens is 176 g/mol. The molecule has 0 aromatic rings. The third-order valence-electron chi connectivity index (χ3n) is 2.35. The molecule has 1 atom stereocenters. The molecule has 0 spiro atoms. The molecule has 1 heterocycles. The maximum absolute atomic E-state index is 5.40. The van der Waals surface area contributed by atoms with E-state index < -0.39 is 0 Å². The van der Waals surface area contributed by atoms with Gasteiger partial charge in [-0.25, -0.2) is 4.99 Å². The lowest BCUT2D eigenvalue weighted by atomic mass is 9.97. The van der Waals surface area contributed by atoms with Gasteiger partial charge in [0.05, 0.1) is 12.6 Å². The molecule has 0 aliphatic carbocycles. The molecule has 0 amide bonds. The molecule has 3 heteroatoms. The molecule has 80 valence electrons. The van der Waals surface area contributed by atoms with E-state index in [-0.39, 0.29) is 6.04 Å². The summed E-state index contributed by atoms with van der Waals surface area (Å²) >= 11 is 0. The minimum absolute atomic E-state index is 0.232. The molecule has 0 radical (unpaired) electrons. The van der Waals surface area contributed by atoms with Crippen LogP contribution in [0.5, 0.6) is 0 Å². The van der Waals surface area contributed by atoms with Gasteiger partial charge in [0, 0.05) is 5.71 Å². The van der Waals surface area contributed by atoms with Gasteiger partial charge in [-0.05, 0) is 19.3 Å². The van der Waals surface area contributed by atoms with Gasteiger partial charge in [-0.1, -0.05) is 20.8 Å². The molecule has 3 nitrogen and oxygen atoms in total. The largest absolute Gasteiger partial charge is 0.480 e. The average molecular weight is 196 g/mol. The van der Waals surface area contributed by atoms with E-state index in [2.05, 4.69) is 30.8 Å². The molecule has 1 unspecified atom stereocenters. The Labute approximate surface area is 86.3 Å². The van der Waals surface area contributed by atoms with Crippen LogP contribution >= 0.6 is 0 Å². The van der Waals surface area contributed by atoms with Crippen LogP contribution in [0.4, 0.5) is 0 Å². The van der Waals surface area contributed by atoms with E-state index in [1.807, 2.05) is 6.92 Å². The van der Waals surface area contributed by atoms with E-state index in [0.29, 0.717) is 19.1 Å². The van der Waals surface area contributed by atoms with Crippen LogP contribution in [0.25, 0.3) is 0 Å². The second-order valence-electron chi connectivity index (χ2n) is 3.81. The number of ether oxygens (including phenoxy) is 1. The Bertz CT molecular complexity index is 244. The number of hydrogen-bond donors (Lipinski definition) is 0. The van der Waals surface area contributed by atoms with Gasteiger partial charge in [-0.2, -0.15) is 0 Å². The lowest BCUT2D eigenvalue weighted by Crippen LogP contribution is -2.31. The molecule has 0 aromatic carbocycles. The van der Waals surface area contributed by atoms with Gasteiger partial charge in [0.25, 0.3) is 0 Å². The SMILES string of the molecule is CCOC1=NC(C(C)C)C(CC)=NC1. The minimum atomic E-state index is 0.232. The summed E-state index contributed by atoms with van der Waals surface area (Å²) in [6, 6.07) is 0.232. The number of rotatable bonds is 3. The summed E-state index contributed by atoms with van der Waals surface area (Å²) in [5.41, 5.74) is 1.21. The van der Waals surface area contributed by atoms with Crippen molar-refractivity contribution in [2.45, 2.75) is 40.2 Å². The number of aliphatic imine (C=N–C) groups is 2. The normalized spacial score (nSPS) is 21.9. The first-order valence-electron chi connectivity index (χ1n) is 5.41. The number of hydrogen-bond acceptors (Lipinski definition) is 3. The first kappa shape index (κ1) is 11.2. The maximum atomic E-state index is 5.40. The summed E-state index contributed by atoms with van der Waals surface area (Å²) in [6.45, 7) is 9.77. The van der Waals surface area contributed by atoms with Crippen LogP contribution in [0.3, 0.4) is 0 Å². The van der Waals surface area contributed by atoms with E-state index >= 15 is 0 Å². The lowest BCUT2D eigenvalue weighted by Gasteiger charge is -2.23. The Morgan fingerprint density at radius 3 is 2.64 bits per heavy atom. The first-order chi connectivity index (χ1) is 6.69. The lowest BCUT2D eigenvalue weighted by molar-refractivity contribution is 0.316. The van der Waals surface area contributed by atoms with Crippen molar-refractivity contribution in [2.75, 3.05) is 13.2 Å². The highest BCUT2D eigenvalue weighted by atomic mass is 16.5. The zero-order valence-corrected chi connectivity index (χ0v) is 9.58. The first-order valence-corrected chi connectivity index (χ1v) is 5.41. The Morgan fingerprint density at radius 2 is 2.14 bits per heavy atom. The van der Waals surface area contributed by atoms with Gasteiger partial charge in [-0.3, -0.25) is 4.99 Å². The molecule has 0 saturated heterocycles. The second-order valence-corrected chi connectivity index (χ2v) is 3.81. The molecular formula is C11H20N2O. The van der Waals surface area contributed by atoms with Crippen molar-refractivity contribution in [3.63, 3.8) is 0 Å². The average Bonchev–Trinajstić information content (AvgIpc) is 2.18. The van der Waals surface area contributed by atoms with Crippen LogP contribution in [0.1, 0.15) is 34.1 Å². The zero-order chi connectivity index (χ0) is 10.6. The summed E-state index contributed by atoms with van der Waals surface area (Å²) in [4.78, 5) is 9.10. The molecule has 0 N–H and O–H groups in total. The van der Waals surface area contributed by atoms with E-state index in [1.54, 1.807) is 0 Å². The van der Waals surface area contributed by atoms with Crippen molar-refractivity contribution >= 4 is 11.6 Å². The van der Waals surface area contributed by atoms with E-state index in [4.69, 9.17) is 4.74 Å². The fourth-order valence-corrected chi connectivity index (χ4v) is 1.64. The molecule has 1 rings (SSSR count). The van der Waals surface area contributed by atoms with Crippen LogP contribution in [-0.2, 0) is 4.74 Å². The van der Waals surface area contributed by atoms with Crippen molar-refractivity contribution in [3.05, 3.63) is 0 Å². The van der Waals surface area contributed by atoms with E-state index in [9.17, 15) is 0 Å². The van der Waals surface area contributed by atoms with Crippen LogP contribution in [-0.4, -0.2) is 30.8 Å². The van der Waals surface area contributed by atoms with E-state index in [1.165, 1.54) is 5.71 Å². The second kappa shape index (κ2) is 5.13. The number of nitrogens with zero attached hydrogens (tertiary/aromatic N) is 2. The predicted molar refractivity (Wildman–Crippen MR) is 60.3 cm³/mol. The molecule has 1 aliphatic heterocycles. The molecule has 1 aliphatic rings. The van der Waals surface area contributed by atoms with Gasteiger partial charge < -0.3 is 4.74 Å². The topological polar surface area (TPSA) is 34.0 Å². The van der Waals surface area contributed by atoms with Crippen molar-refractivity contribution in [3.8, 4) is 0 Å². The Hall–Kier alpha value is -0.860. The van der Waals surface area contributed by atoms with E-state index in [0.717, 1.165) is 12.3 Å². The summed E-state index contributed by atoms with van der Waals surface area (Å²) in [7, 11) is 0. The molecule has 14 heavy (non-hydrogen) atoms. The smallest absolute Gasteiger partial charge is 0.206 e. The highest BCUT2D eigenvalue weighted by molar-refractivity contribution is 5.96. The van der Waals surface area contributed by atoms with Gasteiger partial charge >= 0.3 is 0 Å². The van der Waals surface area contributed by atoms with Gasteiger partial charge in [-0.15, -0.1) is 0 Å². The maximum Gasteiger partial charge on any atom is 0.206 e. The van der Waals surface area contributed by atoms with Gasteiger partial charge in [0.2, 0.25) is 5.90 Å². The summed E-state index contributed by atoms with van der Waals surface area (Å²) in [5, 5.41) is 0. The van der Waals surface area contributed by atoms with Gasteiger partial charge in [0.1, 0.15) is 6.54 Å². The Morgan fingerprint density at radius 1 is 1.43 bits per heavy atom. The summed E-state index contributed by atoms with van der Waals surface area (Å²) in [5.74, 6) is 1.30. The van der Waals surface area contributed by atoms with Crippen molar-refractivity contribution < 1.29 is 4.74 Å². The highest BCUT2D eigenvalue weighted by Crippen LogP contribution is 2.15. The Balaban J connectivity index is 2.72. The molecule has 0 fully saturated rings. The fourth-order valence-electron chi connectivity index (χ4n) is 1.64. The molecule has 0 saturated carbocycles. The van der Waals surface area contributed by atoms with Gasteiger partial charge in [0.15, 0.2) is 0 Å². The van der Waals surface area contributed by atoms with Crippen molar-refractivity contribution in [2.24, 2.45) is 15.9 Å². The van der Waals surface area contributed by atoms with Crippen molar-refractivity contribution in [1.29, 1.82) is 0 Å². The summed E-state index contributed by atoms with van der Waals surface area (Å²) in [6.07, 6.45) is 0.992.